The van der Waals surface area contributed by atoms with Crippen molar-refractivity contribution in [2.75, 3.05) is 23.3 Å². The molecular weight excluding hydrogens is 470 g/mol. The number of sulfonamides is 1. The Morgan fingerprint density at radius 2 is 1.60 bits per heavy atom. The second kappa shape index (κ2) is 10.6. The van der Waals surface area contributed by atoms with E-state index in [4.69, 9.17) is 9.47 Å². The van der Waals surface area contributed by atoms with E-state index in [-0.39, 0.29) is 16.3 Å². The number of methoxy groups -OCH3 is 1. The van der Waals surface area contributed by atoms with Gasteiger partial charge in [0, 0.05) is 18.0 Å². The molecule has 0 unspecified atom stereocenters. The molecule has 1 aromatic heterocycles. The van der Waals surface area contributed by atoms with E-state index >= 15 is 0 Å². The molecule has 0 radical (unpaired) electrons. The average Bonchev–Trinajstić information content (AvgIpc) is 2.82. The molecule has 0 saturated carbocycles. The molecule has 3 rings (SSSR count). The highest BCUT2D eigenvalue weighted by atomic mass is 32.2. The lowest BCUT2D eigenvalue weighted by Crippen LogP contribution is -2.39. The Hall–Kier alpha value is -3.92. The predicted molar refractivity (Wildman–Crippen MR) is 132 cm³/mol. The Bertz CT molecular complexity index is 1290. The van der Waals surface area contributed by atoms with Crippen molar-refractivity contribution in [3.05, 3.63) is 78.6 Å². The minimum atomic E-state index is -4.24. The van der Waals surface area contributed by atoms with E-state index in [1.807, 2.05) is 0 Å². The smallest absolute Gasteiger partial charge is 0.327 e. The van der Waals surface area contributed by atoms with Crippen molar-refractivity contribution in [1.29, 1.82) is 0 Å². The van der Waals surface area contributed by atoms with E-state index in [1.165, 1.54) is 62.0 Å². The number of ether oxygens (including phenoxy) is 2. The first-order valence-electron chi connectivity index (χ1n) is 10.7. The Morgan fingerprint density at radius 3 is 2.20 bits per heavy atom. The number of pyridine rings is 1. The van der Waals surface area contributed by atoms with Crippen molar-refractivity contribution in [1.82, 2.24) is 4.98 Å². The van der Waals surface area contributed by atoms with E-state index in [0.717, 1.165) is 4.31 Å². The molecule has 10 heteroatoms. The third-order valence-corrected chi connectivity index (χ3v) is 6.48. The van der Waals surface area contributed by atoms with Crippen LogP contribution in [0.5, 0.6) is 5.75 Å². The summed E-state index contributed by atoms with van der Waals surface area (Å²) in [6.07, 6.45) is 2.95. The number of nitrogens with zero attached hydrogens (tertiary/aromatic N) is 2. The molecule has 0 aliphatic carbocycles. The van der Waals surface area contributed by atoms with Crippen LogP contribution < -0.4 is 14.4 Å². The van der Waals surface area contributed by atoms with E-state index in [0.29, 0.717) is 11.3 Å². The van der Waals surface area contributed by atoms with Crippen LogP contribution in [-0.2, 0) is 19.6 Å². The number of esters is 1. The second-order valence-electron chi connectivity index (χ2n) is 8.48. The highest BCUT2D eigenvalue weighted by Crippen LogP contribution is 2.32. The van der Waals surface area contributed by atoms with Crippen LogP contribution in [0.3, 0.4) is 0 Å². The molecule has 3 aromatic rings. The summed E-state index contributed by atoms with van der Waals surface area (Å²) < 4.78 is 38.8. The van der Waals surface area contributed by atoms with Gasteiger partial charge in [0.2, 0.25) is 0 Å². The van der Waals surface area contributed by atoms with Crippen LogP contribution in [0.4, 0.5) is 11.4 Å². The number of hydrogen-bond donors (Lipinski definition) is 1. The molecule has 1 N–H and O–H groups in total. The van der Waals surface area contributed by atoms with Crippen molar-refractivity contribution >= 4 is 33.3 Å². The monoisotopic (exact) mass is 497 g/mol. The number of hydrogen-bond acceptors (Lipinski definition) is 7. The molecule has 0 spiro atoms. The standard InChI is InChI=1S/C25H27N3O6S/c1-25(2,3)34-23(29)17-28(35(31,32)20-11-9-19(33-4)10-12-20)22-8-6-5-7-21(22)27-24(30)18-13-15-26-16-14-18/h5-16H,17H2,1-4H3,(H,27,30). The summed E-state index contributed by atoms with van der Waals surface area (Å²) in [6.45, 7) is 4.47. The molecule has 0 fully saturated rings. The summed E-state index contributed by atoms with van der Waals surface area (Å²) in [6, 6.07) is 15.2. The Morgan fingerprint density at radius 1 is 0.971 bits per heavy atom. The zero-order chi connectivity index (χ0) is 25.6. The quantitative estimate of drug-likeness (QED) is 0.470. The SMILES string of the molecule is COc1ccc(S(=O)(=O)N(CC(=O)OC(C)(C)C)c2ccccc2NC(=O)c2ccncc2)cc1. The van der Waals surface area contributed by atoms with Crippen molar-refractivity contribution < 1.29 is 27.5 Å². The highest BCUT2D eigenvalue weighted by molar-refractivity contribution is 7.92. The molecule has 0 aliphatic rings. The lowest BCUT2D eigenvalue weighted by atomic mass is 10.2. The molecule has 0 atom stereocenters. The normalized spacial score (nSPS) is 11.4. The fourth-order valence-corrected chi connectivity index (χ4v) is 4.59. The molecule has 1 amide bonds. The van der Waals surface area contributed by atoms with Gasteiger partial charge in [-0.25, -0.2) is 8.42 Å². The molecule has 1 heterocycles. The van der Waals surface area contributed by atoms with Crippen molar-refractivity contribution in [2.24, 2.45) is 0 Å². The number of benzene rings is 2. The van der Waals surface area contributed by atoms with Crippen LogP contribution in [0.2, 0.25) is 0 Å². The third kappa shape index (κ3) is 6.57. The van der Waals surface area contributed by atoms with Crippen LogP contribution in [0.1, 0.15) is 31.1 Å². The largest absolute Gasteiger partial charge is 0.497 e. The van der Waals surface area contributed by atoms with Gasteiger partial charge in [-0.2, -0.15) is 0 Å². The van der Waals surface area contributed by atoms with E-state index in [2.05, 4.69) is 10.3 Å². The first kappa shape index (κ1) is 25.7. The van der Waals surface area contributed by atoms with Gasteiger partial charge in [0.1, 0.15) is 17.9 Å². The number of aromatic nitrogens is 1. The second-order valence-corrected chi connectivity index (χ2v) is 10.3. The first-order chi connectivity index (χ1) is 16.5. The number of para-hydroxylation sites is 2. The number of nitrogens with one attached hydrogen (secondary N) is 1. The Kier molecular flexibility index (Phi) is 7.75. The van der Waals surface area contributed by atoms with Crippen LogP contribution in [0, 0.1) is 0 Å². The number of carbonyl (C=O) groups is 2. The summed E-state index contributed by atoms with van der Waals surface area (Å²) in [5.74, 6) is -0.726. The number of amides is 1. The number of rotatable bonds is 8. The van der Waals surface area contributed by atoms with Crippen LogP contribution >= 0.6 is 0 Å². The van der Waals surface area contributed by atoms with Crippen LogP contribution in [0.25, 0.3) is 0 Å². The number of carbonyl (C=O) groups excluding carboxylic acids is 2. The summed E-state index contributed by atoms with van der Waals surface area (Å²) in [7, 11) is -2.76. The van der Waals surface area contributed by atoms with Gasteiger partial charge in [-0.15, -0.1) is 0 Å². The van der Waals surface area contributed by atoms with E-state index in [1.54, 1.807) is 39.0 Å². The molecule has 184 valence electrons. The van der Waals surface area contributed by atoms with Gasteiger partial charge in [-0.1, -0.05) is 12.1 Å². The molecular formula is C25H27N3O6S. The summed E-state index contributed by atoms with van der Waals surface area (Å²) >= 11 is 0. The topological polar surface area (TPSA) is 115 Å². The molecule has 9 nitrogen and oxygen atoms in total. The van der Waals surface area contributed by atoms with Gasteiger partial charge in [0.25, 0.3) is 15.9 Å². The van der Waals surface area contributed by atoms with Crippen LogP contribution in [0.15, 0.2) is 78.0 Å². The zero-order valence-electron chi connectivity index (χ0n) is 19.9. The lowest BCUT2D eigenvalue weighted by molar-refractivity contribution is -0.152. The molecule has 2 aromatic carbocycles. The van der Waals surface area contributed by atoms with Gasteiger partial charge in [-0.3, -0.25) is 18.9 Å². The van der Waals surface area contributed by atoms with Crippen molar-refractivity contribution in [2.45, 2.75) is 31.3 Å². The van der Waals surface area contributed by atoms with Gasteiger partial charge < -0.3 is 14.8 Å². The van der Waals surface area contributed by atoms with Gasteiger partial charge >= 0.3 is 5.97 Å². The van der Waals surface area contributed by atoms with Gasteiger partial charge in [0.15, 0.2) is 0 Å². The average molecular weight is 498 g/mol. The minimum absolute atomic E-state index is 0.0582. The summed E-state index contributed by atoms with van der Waals surface area (Å²) in [5.41, 5.74) is -0.167. The van der Waals surface area contributed by atoms with Crippen molar-refractivity contribution in [3.8, 4) is 5.75 Å². The molecule has 0 bridgehead atoms. The van der Waals surface area contributed by atoms with Gasteiger partial charge in [-0.05, 0) is 69.3 Å². The van der Waals surface area contributed by atoms with Crippen molar-refractivity contribution in [3.63, 3.8) is 0 Å². The van der Waals surface area contributed by atoms with Gasteiger partial charge in [0.05, 0.1) is 23.4 Å². The number of anilines is 2. The zero-order valence-corrected chi connectivity index (χ0v) is 20.7. The molecule has 35 heavy (non-hydrogen) atoms. The summed E-state index contributed by atoms with van der Waals surface area (Å²) in [5, 5.41) is 2.73. The fourth-order valence-electron chi connectivity index (χ4n) is 3.16. The highest BCUT2D eigenvalue weighted by Gasteiger charge is 2.31. The Labute approximate surface area is 204 Å². The maximum absolute atomic E-state index is 13.7. The summed E-state index contributed by atoms with van der Waals surface area (Å²) in [4.78, 5) is 29.3. The predicted octanol–water partition coefficient (Wildman–Crippen LogP) is 3.88. The lowest BCUT2D eigenvalue weighted by Gasteiger charge is -2.28. The third-order valence-electron chi connectivity index (χ3n) is 4.70. The van der Waals surface area contributed by atoms with E-state index in [9.17, 15) is 18.0 Å². The molecule has 0 aliphatic heterocycles. The minimum Gasteiger partial charge on any atom is -0.497 e. The van der Waals surface area contributed by atoms with Crippen LogP contribution in [-0.4, -0.2) is 44.5 Å². The molecule has 0 saturated heterocycles. The maximum atomic E-state index is 13.7. The first-order valence-corrected chi connectivity index (χ1v) is 12.1. The Balaban J connectivity index is 2.05. The fraction of sp³-hybridized carbons (Fsp3) is 0.240. The van der Waals surface area contributed by atoms with E-state index < -0.39 is 34.0 Å². The maximum Gasteiger partial charge on any atom is 0.327 e.